The van der Waals surface area contributed by atoms with E-state index < -0.39 is 30.1 Å². The van der Waals surface area contributed by atoms with Gasteiger partial charge in [0.1, 0.15) is 12.4 Å². The average molecular weight is 484 g/mol. The molecule has 0 spiro atoms. The molecule has 1 aromatic rings. The van der Waals surface area contributed by atoms with Crippen molar-refractivity contribution < 1.29 is 24.9 Å². The molecule has 0 aliphatic rings. The molecule has 0 saturated heterocycles. The number of thioether (sulfide) groups is 1. The smallest absolute Gasteiger partial charge is 0.306 e. The summed E-state index contributed by atoms with van der Waals surface area (Å²) in [6, 6.07) is 5.81. The van der Waals surface area contributed by atoms with E-state index in [1.54, 1.807) is 18.7 Å². The van der Waals surface area contributed by atoms with Crippen LogP contribution in [0.3, 0.4) is 0 Å². The van der Waals surface area contributed by atoms with Gasteiger partial charge >= 0.3 is 5.97 Å². The standard InChI is InChI=1S/C26H45NO5S/c1-16(2)19(13-22(27)23(29)10-17(3)25(30)31)11-18-8-9-21(26(4,5)6)24(12-18)32-14-20(28)15-33-7/h8-9,12,16-17,19-20,22-23,28-29H,10-11,13-15,27H2,1-7H3,(H,30,31)/t17?,19?,20-,22?,23?/m1/s1. The van der Waals surface area contributed by atoms with Gasteiger partial charge in [-0.25, -0.2) is 0 Å². The Balaban J connectivity index is 3.00. The van der Waals surface area contributed by atoms with Gasteiger partial charge in [-0.15, -0.1) is 0 Å². The number of rotatable bonds is 14. The molecule has 0 heterocycles. The topological polar surface area (TPSA) is 113 Å². The number of aliphatic hydroxyl groups is 2. The summed E-state index contributed by atoms with van der Waals surface area (Å²) in [6.45, 7) is 12.5. The van der Waals surface area contributed by atoms with Gasteiger partial charge in [-0.2, -0.15) is 11.8 Å². The molecule has 0 aromatic heterocycles. The average Bonchev–Trinajstić information content (AvgIpc) is 2.70. The van der Waals surface area contributed by atoms with E-state index in [0.717, 1.165) is 23.3 Å². The van der Waals surface area contributed by atoms with Crippen molar-refractivity contribution in [3.8, 4) is 5.75 Å². The highest BCUT2D eigenvalue weighted by Crippen LogP contribution is 2.34. The Morgan fingerprint density at radius 2 is 1.79 bits per heavy atom. The number of carbonyl (C=O) groups is 1. The molecule has 5 atom stereocenters. The molecule has 33 heavy (non-hydrogen) atoms. The third kappa shape index (κ3) is 10.3. The van der Waals surface area contributed by atoms with Gasteiger partial charge in [-0.05, 0) is 60.0 Å². The van der Waals surface area contributed by atoms with Crippen LogP contribution in [-0.2, 0) is 16.6 Å². The Labute approximate surface area is 204 Å². The van der Waals surface area contributed by atoms with Crippen molar-refractivity contribution in [3.05, 3.63) is 29.3 Å². The van der Waals surface area contributed by atoms with Crippen LogP contribution in [0.5, 0.6) is 5.75 Å². The fourth-order valence-electron chi connectivity index (χ4n) is 3.90. The molecule has 1 rings (SSSR count). The van der Waals surface area contributed by atoms with E-state index in [9.17, 15) is 15.0 Å². The van der Waals surface area contributed by atoms with Crippen molar-refractivity contribution >= 4 is 17.7 Å². The van der Waals surface area contributed by atoms with Crippen molar-refractivity contribution in [2.45, 2.75) is 84.5 Å². The van der Waals surface area contributed by atoms with Crippen LogP contribution in [0.4, 0.5) is 0 Å². The van der Waals surface area contributed by atoms with Gasteiger partial charge in [0.2, 0.25) is 0 Å². The molecule has 1 aromatic carbocycles. The number of benzene rings is 1. The molecular weight excluding hydrogens is 438 g/mol. The number of nitrogens with two attached hydrogens (primary N) is 1. The molecule has 190 valence electrons. The van der Waals surface area contributed by atoms with Crippen LogP contribution in [0.25, 0.3) is 0 Å². The molecule has 0 amide bonds. The van der Waals surface area contributed by atoms with Crippen LogP contribution in [0, 0.1) is 17.8 Å². The van der Waals surface area contributed by atoms with E-state index in [1.165, 1.54) is 0 Å². The Hall–Kier alpha value is -1.28. The zero-order valence-corrected chi connectivity index (χ0v) is 22.2. The second-order valence-electron chi connectivity index (χ2n) is 10.7. The predicted octanol–water partition coefficient (Wildman–Crippen LogP) is 4.09. The van der Waals surface area contributed by atoms with Gasteiger partial charge < -0.3 is 25.8 Å². The molecule has 6 nitrogen and oxygen atoms in total. The van der Waals surface area contributed by atoms with E-state index >= 15 is 0 Å². The van der Waals surface area contributed by atoms with Crippen LogP contribution in [0.1, 0.15) is 65.5 Å². The maximum absolute atomic E-state index is 11.1. The fourth-order valence-corrected chi connectivity index (χ4v) is 4.38. The van der Waals surface area contributed by atoms with Crippen LogP contribution in [0.2, 0.25) is 0 Å². The Kier molecular flexibility index (Phi) is 12.2. The summed E-state index contributed by atoms with van der Waals surface area (Å²) in [5.74, 6) is 0.439. The third-order valence-corrected chi connectivity index (χ3v) is 6.89. The molecule has 5 N–H and O–H groups in total. The minimum absolute atomic E-state index is 0.0942. The van der Waals surface area contributed by atoms with Crippen LogP contribution >= 0.6 is 11.8 Å². The van der Waals surface area contributed by atoms with Crippen LogP contribution < -0.4 is 10.5 Å². The van der Waals surface area contributed by atoms with Gasteiger partial charge in [0.25, 0.3) is 0 Å². The molecule has 0 fully saturated rings. The monoisotopic (exact) mass is 483 g/mol. The molecule has 0 saturated carbocycles. The number of aliphatic hydroxyl groups excluding tert-OH is 2. The highest BCUT2D eigenvalue weighted by Gasteiger charge is 2.26. The number of carboxylic acids is 1. The highest BCUT2D eigenvalue weighted by molar-refractivity contribution is 7.98. The Morgan fingerprint density at radius 1 is 1.15 bits per heavy atom. The largest absolute Gasteiger partial charge is 0.491 e. The summed E-state index contributed by atoms with van der Waals surface area (Å²) >= 11 is 1.59. The van der Waals surface area contributed by atoms with E-state index in [-0.39, 0.29) is 24.4 Å². The lowest BCUT2D eigenvalue weighted by Crippen LogP contribution is -2.39. The van der Waals surface area contributed by atoms with E-state index in [4.69, 9.17) is 15.6 Å². The summed E-state index contributed by atoms with van der Waals surface area (Å²) in [5, 5.41) is 29.7. The first-order valence-corrected chi connectivity index (χ1v) is 13.2. The summed E-state index contributed by atoms with van der Waals surface area (Å²) in [4.78, 5) is 11.1. The maximum Gasteiger partial charge on any atom is 0.306 e. The molecular formula is C26H45NO5S. The van der Waals surface area contributed by atoms with Gasteiger partial charge in [0.05, 0.1) is 18.1 Å². The number of aliphatic carboxylic acids is 1. The number of hydrogen-bond acceptors (Lipinski definition) is 6. The van der Waals surface area contributed by atoms with Crippen molar-refractivity contribution in [3.63, 3.8) is 0 Å². The molecule has 0 bridgehead atoms. The zero-order chi connectivity index (χ0) is 25.3. The predicted molar refractivity (Wildman–Crippen MR) is 137 cm³/mol. The van der Waals surface area contributed by atoms with Crippen molar-refractivity contribution in [2.75, 3.05) is 18.6 Å². The summed E-state index contributed by atoms with van der Waals surface area (Å²) in [6.07, 6.45) is 2.12. The molecule has 7 heteroatoms. The van der Waals surface area contributed by atoms with E-state index in [2.05, 4.69) is 52.8 Å². The molecule has 0 aliphatic carbocycles. The van der Waals surface area contributed by atoms with Gasteiger partial charge in [0, 0.05) is 11.8 Å². The summed E-state index contributed by atoms with van der Waals surface area (Å²) in [5.41, 5.74) is 8.40. The van der Waals surface area contributed by atoms with Crippen LogP contribution in [-0.4, -0.2) is 58.2 Å². The number of hydrogen-bond donors (Lipinski definition) is 4. The molecule has 0 radical (unpaired) electrons. The Bertz CT molecular complexity index is 734. The summed E-state index contributed by atoms with van der Waals surface area (Å²) < 4.78 is 6.06. The molecule has 4 unspecified atom stereocenters. The van der Waals surface area contributed by atoms with E-state index in [1.807, 2.05) is 6.26 Å². The highest BCUT2D eigenvalue weighted by atomic mass is 32.2. The minimum Gasteiger partial charge on any atom is -0.491 e. The second kappa shape index (κ2) is 13.6. The zero-order valence-electron chi connectivity index (χ0n) is 21.4. The lowest BCUT2D eigenvalue weighted by atomic mass is 9.81. The first kappa shape index (κ1) is 29.8. The quantitative estimate of drug-likeness (QED) is 0.315. The second-order valence-corrected chi connectivity index (χ2v) is 11.6. The lowest BCUT2D eigenvalue weighted by molar-refractivity contribution is -0.142. The third-order valence-electron chi connectivity index (χ3n) is 6.17. The SMILES string of the molecule is CSC[C@H](O)COc1cc(CC(CC(N)C(O)CC(C)C(=O)O)C(C)C)ccc1C(C)(C)C. The fraction of sp³-hybridized carbons (Fsp3) is 0.731. The Morgan fingerprint density at radius 3 is 2.30 bits per heavy atom. The van der Waals surface area contributed by atoms with Crippen LogP contribution in [0.15, 0.2) is 18.2 Å². The lowest BCUT2D eigenvalue weighted by Gasteiger charge is -2.29. The first-order valence-electron chi connectivity index (χ1n) is 11.9. The number of ether oxygens (including phenoxy) is 1. The number of carboxylic acid groups (broad SMARTS) is 1. The van der Waals surface area contributed by atoms with Crippen molar-refractivity contribution in [2.24, 2.45) is 23.5 Å². The van der Waals surface area contributed by atoms with Crippen molar-refractivity contribution in [1.29, 1.82) is 0 Å². The maximum atomic E-state index is 11.1. The minimum atomic E-state index is -0.921. The van der Waals surface area contributed by atoms with Gasteiger partial charge in [0.15, 0.2) is 0 Å². The van der Waals surface area contributed by atoms with Gasteiger partial charge in [-0.3, -0.25) is 4.79 Å². The van der Waals surface area contributed by atoms with E-state index in [0.29, 0.717) is 18.1 Å². The molecule has 0 aliphatic heterocycles. The first-order chi connectivity index (χ1) is 15.3. The van der Waals surface area contributed by atoms with Crippen molar-refractivity contribution in [1.82, 2.24) is 0 Å². The normalized spacial score (nSPS) is 16.8. The van der Waals surface area contributed by atoms with Gasteiger partial charge in [-0.1, -0.05) is 53.7 Å². The summed E-state index contributed by atoms with van der Waals surface area (Å²) in [7, 11) is 0.